The maximum Gasteiger partial charge on any atom is 0.272 e. The first kappa shape index (κ1) is 36.3. The lowest BCUT2D eigenvalue weighted by atomic mass is 10.1. The zero-order valence-corrected chi connectivity index (χ0v) is 29.4. The molecule has 1 atom stereocenters. The van der Waals surface area contributed by atoms with E-state index in [0.29, 0.717) is 51.1 Å². The third-order valence-electron chi connectivity index (χ3n) is 7.39. The Morgan fingerprint density at radius 2 is 1.73 bits per heavy atom. The van der Waals surface area contributed by atoms with E-state index < -0.39 is 22.0 Å². The fourth-order valence-corrected chi connectivity index (χ4v) is 6.55. The molecule has 51 heavy (non-hydrogen) atoms. The highest BCUT2D eigenvalue weighted by atomic mass is 32.2. The molecule has 0 fully saturated rings. The van der Waals surface area contributed by atoms with Crippen LogP contribution < -0.4 is 25.4 Å². The number of aromatic nitrogens is 1. The molecular formula is C37H33N5O7S2. The van der Waals surface area contributed by atoms with Gasteiger partial charge in [0, 0.05) is 44.8 Å². The van der Waals surface area contributed by atoms with Crippen molar-refractivity contribution in [3.63, 3.8) is 0 Å². The predicted octanol–water partition coefficient (Wildman–Crippen LogP) is 7.65. The second kappa shape index (κ2) is 17.1. The number of non-ortho nitro benzene ring substituents is 1. The molecule has 1 aromatic heterocycles. The van der Waals surface area contributed by atoms with Gasteiger partial charge in [0.25, 0.3) is 17.5 Å². The summed E-state index contributed by atoms with van der Waals surface area (Å²) in [5.74, 6) is -0.321. The molecule has 0 spiro atoms. The molecule has 0 saturated heterocycles. The molecule has 0 bridgehead atoms. The standard InChI is InChI=1S/C37H33N5O7S2/c1-4-33(36(45)41-37-40-31(22-50-37)24-12-8-14-27(18-24)42(46)47)51-29-15-9-13-26(21-29)38-35(44)30(39-34(43)23-10-6-5-7-11-23)20-25-19-28(48-2)16-17-32(25)49-3/h5-22,33H,4H2,1-3H3,(H,38,44)(H,39,43)(H,40,41,45)/b30-20+. The summed E-state index contributed by atoms with van der Waals surface area (Å²) in [7, 11) is 3.03. The Hall–Kier alpha value is -5.99. The number of benzene rings is 4. The summed E-state index contributed by atoms with van der Waals surface area (Å²) >= 11 is 2.54. The maximum absolute atomic E-state index is 13.7. The lowest BCUT2D eigenvalue weighted by molar-refractivity contribution is -0.384. The van der Waals surface area contributed by atoms with Crippen LogP contribution in [0.3, 0.4) is 0 Å². The molecule has 14 heteroatoms. The summed E-state index contributed by atoms with van der Waals surface area (Å²) in [6.45, 7) is 1.89. The minimum Gasteiger partial charge on any atom is -0.497 e. The number of carbonyl (C=O) groups excluding carboxylic acids is 3. The van der Waals surface area contributed by atoms with Crippen molar-refractivity contribution in [3.8, 4) is 22.8 Å². The van der Waals surface area contributed by atoms with E-state index in [2.05, 4.69) is 20.9 Å². The lowest BCUT2D eigenvalue weighted by Crippen LogP contribution is -2.30. The zero-order chi connectivity index (χ0) is 36.3. The monoisotopic (exact) mass is 723 g/mol. The van der Waals surface area contributed by atoms with Gasteiger partial charge in [-0.15, -0.1) is 23.1 Å². The normalized spacial score (nSPS) is 11.6. The molecule has 1 heterocycles. The summed E-state index contributed by atoms with van der Waals surface area (Å²) in [5, 5.41) is 21.2. The van der Waals surface area contributed by atoms with Gasteiger partial charge in [-0.3, -0.25) is 24.5 Å². The Labute approximate surface area is 302 Å². The van der Waals surface area contributed by atoms with Gasteiger partial charge < -0.3 is 25.4 Å². The van der Waals surface area contributed by atoms with Crippen molar-refractivity contribution in [2.45, 2.75) is 23.5 Å². The number of nitro groups is 1. The van der Waals surface area contributed by atoms with Crippen LogP contribution in [0, 0.1) is 10.1 Å². The van der Waals surface area contributed by atoms with Crippen molar-refractivity contribution in [3.05, 3.63) is 129 Å². The average molecular weight is 724 g/mol. The smallest absolute Gasteiger partial charge is 0.272 e. The number of carbonyl (C=O) groups is 3. The van der Waals surface area contributed by atoms with Gasteiger partial charge in [0.1, 0.15) is 17.2 Å². The molecule has 260 valence electrons. The highest BCUT2D eigenvalue weighted by molar-refractivity contribution is 8.00. The largest absolute Gasteiger partial charge is 0.497 e. The predicted molar refractivity (Wildman–Crippen MR) is 199 cm³/mol. The van der Waals surface area contributed by atoms with Crippen molar-refractivity contribution in [2.75, 3.05) is 24.9 Å². The van der Waals surface area contributed by atoms with Gasteiger partial charge in [0.05, 0.1) is 30.1 Å². The highest BCUT2D eigenvalue weighted by Gasteiger charge is 2.21. The van der Waals surface area contributed by atoms with Crippen molar-refractivity contribution in [1.82, 2.24) is 10.3 Å². The van der Waals surface area contributed by atoms with Crippen LogP contribution in [-0.4, -0.2) is 47.1 Å². The van der Waals surface area contributed by atoms with Crippen LogP contribution >= 0.6 is 23.1 Å². The quantitative estimate of drug-likeness (QED) is 0.0452. The van der Waals surface area contributed by atoms with Crippen LogP contribution in [0.15, 0.2) is 113 Å². The second-order valence-electron chi connectivity index (χ2n) is 10.8. The fourth-order valence-electron chi connectivity index (χ4n) is 4.81. The molecule has 4 aromatic carbocycles. The molecule has 3 N–H and O–H groups in total. The van der Waals surface area contributed by atoms with E-state index in [-0.39, 0.29) is 17.3 Å². The Balaban J connectivity index is 1.31. The maximum atomic E-state index is 13.7. The number of thiazole rings is 1. The van der Waals surface area contributed by atoms with E-state index in [4.69, 9.17) is 9.47 Å². The average Bonchev–Trinajstić information content (AvgIpc) is 3.62. The molecule has 0 aliphatic rings. The zero-order valence-electron chi connectivity index (χ0n) is 27.7. The van der Waals surface area contributed by atoms with Crippen molar-refractivity contribution >= 4 is 63.4 Å². The van der Waals surface area contributed by atoms with Crippen LogP contribution in [0.25, 0.3) is 17.3 Å². The number of nitrogens with one attached hydrogen (secondary N) is 3. The topological polar surface area (TPSA) is 162 Å². The number of methoxy groups -OCH3 is 2. The van der Waals surface area contributed by atoms with E-state index in [0.717, 1.165) is 4.90 Å². The number of anilines is 2. The van der Waals surface area contributed by atoms with E-state index in [1.165, 1.54) is 55.5 Å². The van der Waals surface area contributed by atoms with Gasteiger partial charge in [-0.1, -0.05) is 43.3 Å². The Kier molecular flexibility index (Phi) is 12.2. The SMILES string of the molecule is CCC(Sc1cccc(NC(=O)/C(=C\c2cc(OC)ccc2OC)NC(=O)c2ccccc2)c1)C(=O)Nc1nc(-c2cccc([N+](=O)[O-])c2)cs1. The molecule has 0 radical (unpaired) electrons. The Morgan fingerprint density at radius 1 is 0.941 bits per heavy atom. The molecule has 1 unspecified atom stereocenters. The lowest BCUT2D eigenvalue weighted by Gasteiger charge is -2.15. The summed E-state index contributed by atoms with van der Waals surface area (Å²) < 4.78 is 10.8. The van der Waals surface area contributed by atoms with Gasteiger partial charge in [-0.2, -0.15) is 0 Å². The molecule has 5 rings (SSSR count). The molecular weight excluding hydrogens is 691 g/mol. The van der Waals surface area contributed by atoms with Gasteiger partial charge in [-0.05, 0) is 61.0 Å². The number of hydrogen-bond donors (Lipinski definition) is 3. The number of ether oxygens (including phenoxy) is 2. The third-order valence-corrected chi connectivity index (χ3v) is 9.50. The molecule has 5 aromatic rings. The second-order valence-corrected chi connectivity index (χ2v) is 13.0. The van der Waals surface area contributed by atoms with E-state index in [1.54, 1.807) is 84.2 Å². The van der Waals surface area contributed by atoms with Crippen LogP contribution in [0.5, 0.6) is 11.5 Å². The van der Waals surface area contributed by atoms with E-state index in [1.807, 2.05) is 13.0 Å². The van der Waals surface area contributed by atoms with Crippen molar-refractivity contribution in [2.24, 2.45) is 0 Å². The first-order valence-corrected chi connectivity index (χ1v) is 17.3. The number of hydrogen-bond acceptors (Lipinski definition) is 10. The van der Waals surface area contributed by atoms with Gasteiger partial charge >= 0.3 is 0 Å². The fraction of sp³-hybridized carbons (Fsp3) is 0.135. The van der Waals surface area contributed by atoms with Crippen molar-refractivity contribution in [1.29, 1.82) is 0 Å². The first-order chi connectivity index (χ1) is 24.7. The molecule has 0 aliphatic heterocycles. The number of nitro benzene ring substituents is 1. The Bertz CT molecular complexity index is 2080. The summed E-state index contributed by atoms with van der Waals surface area (Å²) in [6, 6.07) is 26.8. The van der Waals surface area contributed by atoms with Gasteiger partial charge in [-0.25, -0.2) is 4.98 Å². The van der Waals surface area contributed by atoms with Crippen LogP contribution in [0.2, 0.25) is 0 Å². The summed E-state index contributed by atoms with van der Waals surface area (Å²) in [4.78, 5) is 56.0. The summed E-state index contributed by atoms with van der Waals surface area (Å²) in [5.41, 5.74) is 2.32. The Morgan fingerprint density at radius 3 is 2.45 bits per heavy atom. The molecule has 0 saturated carbocycles. The van der Waals surface area contributed by atoms with Crippen LogP contribution in [0.4, 0.5) is 16.5 Å². The highest BCUT2D eigenvalue weighted by Crippen LogP contribution is 2.31. The number of nitrogens with zero attached hydrogens (tertiary/aromatic N) is 2. The first-order valence-electron chi connectivity index (χ1n) is 15.6. The molecule has 3 amide bonds. The summed E-state index contributed by atoms with van der Waals surface area (Å²) in [6.07, 6.45) is 2.01. The molecule has 12 nitrogen and oxygen atoms in total. The van der Waals surface area contributed by atoms with E-state index in [9.17, 15) is 24.5 Å². The van der Waals surface area contributed by atoms with Gasteiger partial charge in [0.2, 0.25) is 5.91 Å². The van der Waals surface area contributed by atoms with E-state index >= 15 is 0 Å². The number of amides is 3. The minimum atomic E-state index is -0.584. The van der Waals surface area contributed by atoms with Crippen LogP contribution in [-0.2, 0) is 9.59 Å². The number of thioether (sulfide) groups is 1. The van der Waals surface area contributed by atoms with Crippen molar-refractivity contribution < 1.29 is 28.8 Å². The molecule has 0 aliphatic carbocycles. The number of rotatable bonds is 14. The van der Waals surface area contributed by atoms with Gasteiger partial charge in [0.15, 0.2) is 5.13 Å². The minimum absolute atomic E-state index is 0.0350. The third kappa shape index (κ3) is 9.59. The van der Waals surface area contributed by atoms with Crippen LogP contribution in [0.1, 0.15) is 29.3 Å².